The van der Waals surface area contributed by atoms with E-state index in [2.05, 4.69) is 6.92 Å². The van der Waals surface area contributed by atoms with Gasteiger partial charge >= 0.3 is 0 Å². The topological polar surface area (TPSA) is 0 Å². The molecule has 0 N–H and O–H groups in total. The molecule has 24 heavy (non-hydrogen) atoms. The zero-order valence-corrected chi connectivity index (χ0v) is 14.3. The molecular weight excluding hydrogens is 322 g/mol. The molecule has 0 spiro atoms. The summed E-state index contributed by atoms with van der Waals surface area (Å²) in [7, 11) is 0. The molecular formula is C21H18F2S. The molecule has 3 heteroatoms. The van der Waals surface area contributed by atoms with Crippen molar-refractivity contribution in [3.63, 3.8) is 0 Å². The average molecular weight is 340 g/mol. The van der Waals surface area contributed by atoms with Crippen LogP contribution in [0.15, 0.2) is 48.5 Å². The zero-order valence-electron chi connectivity index (χ0n) is 13.5. The first-order valence-electron chi connectivity index (χ1n) is 8.34. The van der Waals surface area contributed by atoms with Gasteiger partial charge in [-0.1, -0.05) is 37.3 Å². The minimum absolute atomic E-state index is 0.325. The monoisotopic (exact) mass is 340 g/mol. The molecule has 1 aromatic heterocycles. The number of hydrogen-bond acceptors (Lipinski definition) is 1. The van der Waals surface area contributed by atoms with Crippen LogP contribution in [0.25, 0.3) is 21.6 Å². The zero-order chi connectivity index (χ0) is 16.7. The second kappa shape index (κ2) is 6.14. The van der Waals surface area contributed by atoms with Gasteiger partial charge in [-0.05, 0) is 54.5 Å². The van der Waals surface area contributed by atoms with Gasteiger partial charge in [0.1, 0.15) is 0 Å². The van der Waals surface area contributed by atoms with E-state index in [0.717, 1.165) is 16.9 Å². The van der Waals surface area contributed by atoms with Crippen molar-refractivity contribution in [1.82, 2.24) is 0 Å². The molecule has 1 aliphatic rings. The van der Waals surface area contributed by atoms with Gasteiger partial charge in [0, 0.05) is 20.9 Å². The Morgan fingerprint density at radius 2 is 1.54 bits per heavy atom. The maximum Gasteiger partial charge on any atom is 0.168 e. The van der Waals surface area contributed by atoms with Crippen molar-refractivity contribution >= 4 is 11.3 Å². The van der Waals surface area contributed by atoms with E-state index in [1.165, 1.54) is 34.6 Å². The highest BCUT2D eigenvalue weighted by molar-refractivity contribution is 7.15. The molecule has 0 saturated heterocycles. The third-order valence-corrected chi connectivity index (χ3v) is 5.89. The highest BCUT2D eigenvalue weighted by atomic mass is 32.1. The van der Waals surface area contributed by atoms with Gasteiger partial charge < -0.3 is 0 Å². The van der Waals surface area contributed by atoms with Crippen molar-refractivity contribution in [2.24, 2.45) is 0 Å². The molecule has 1 heterocycles. The largest absolute Gasteiger partial charge is 0.203 e. The number of benzene rings is 2. The quantitative estimate of drug-likeness (QED) is 0.490. The first kappa shape index (κ1) is 15.5. The van der Waals surface area contributed by atoms with Crippen LogP contribution in [0.4, 0.5) is 8.78 Å². The molecule has 122 valence electrons. The second-order valence-corrected chi connectivity index (χ2v) is 7.47. The summed E-state index contributed by atoms with van der Waals surface area (Å²) in [6.07, 6.45) is 3.37. The summed E-state index contributed by atoms with van der Waals surface area (Å²) in [5, 5.41) is 0. The van der Waals surface area contributed by atoms with Crippen molar-refractivity contribution in [2.45, 2.75) is 32.1 Å². The van der Waals surface area contributed by atoms with Gasteiger partial charge in [0.2, 0.25) is 0 Å². The van der Waals surface area contributed by atoms with Crippen molar-refractivity contribution in [3.8, 4) is 21.6 Å². The number of rotatable bonds is 4. The number of hydrogen-bond donors (Lipinski definition) is 0. The van der Waals surface area contributed by atoms with Crippen molar-refractivity contribution in [3.05, 3.63) is 70.6 Å². The predicted octanol–water partition coefficient (Wildman–Crippen LogP) is 6.80. The molecule has 0 atom stereocenters. The van der Waals surface area contributed by atoms with Crippen LogP contribution in [-0.2, 0) is 6.42 Å². The van der Waals surface area contributed by atoms with Crippen LogP contribution in [0, 0.1) is 11.6 Å². The Kier molecular flexibility index (Phi) is 3.97. The Morgan fingerprint density at radius 1 is 0.875 bits per heavy atom. The molecule has 3 aromatic rings. The SMILES string of the molecule is CCc1ccc(-c2ccc(-c3ccc(C4CC4)cc3)c(F)c2F)s1. The lowest BCUT2D eigenvalue weighted by molar-refractivity contribution is 0.514. The summed E-state index contributed by atoms with van der Waals surface area (Å²) in [5.74, 6) is -0.865. The lowest BCUT2D eigenvalue weighted by atomic mass is 9.99. The fourth-order valence-corrected chi connectivity index (χ4v) is 3.99. The van der Waals surface area contributed by atoms with E-state index >= 15 is 0 Å². The minimum atomic E-state index is -0.766. The number of thiophene rings is 1. The van der Waals surface area contributed by atoms with Gasteiger partial charge in [0.05, 0.1) is 0 Å². The van der Waals surface area contributed by atoms with Crippen LogP contribution in [0.1, 0.15) is 36.1 Å². The smallest absolute Gasteiger partial charge is 0.168 e. The molecule has 1 saturated carbocycles. The Morgan fingerprint density at radius 3 is 2.17 bits per heavy atom. The van der Waals surface area contributed by atoms with Gasteiger partial charge in [-0.15, -0.1) is 11.3 Å². The fourth-order valence-electron chi connectivity index (χ4n) is 3.03. The highest BCUT2D eigenvalue weighted by Crippen LogP contribution is 2.41. The summed E-state index contributed by atoms with van der Waals surface area (Å²) in [6.45, 7) is 2.06. The van der Waals surface area contributed by atoms with Crippen LogP contribution in [0.2, 0.25) is 0 Å². The molecule has 0 amide bonds. The summed E-state index contributed by atoms with van der Waals surface area (Å²) < 4.78 is 29.2. The van der Waals surface area contributed by atoms with Crippen LogP contribution < -0.4 is 0 Å². The summed E-state index contributed by atoms with van der Waals surface area (Å²) >= 11 is 1.52. The maximum absolute atomic E-state index is 14.6. The van der Waals surface area contributed by atoms with Crippen molar-refractivity contribution in [2.75, 3.05) is 0 Å². The van der Waals surface area contributed by atoms with Crippen molar-refractivity contribution in [1.29, 1.82) is 0 Å². The van der Waals surface area contributed by atoms with Gasteiger partial charge in [-0.3, -0.25) is 0 Å². The third kappa shape index (κ3) is 2.78. The first-order valence-corrected chi connectivity index (χ1v) is 9.16. The Hall–Kier alpha value is -2.00. The molecule has 1 aliphatic carbocycles. The van der Waals surface area contributed by atoms with Gasteiger partial charge in [-0.25, -0.2) is 8.78 Å². The molecule has 0 bridgehead atoms. The predicted molar refractivity (Wildman–Crippen MR) is 96.5 cm³/mol. The van der Waals surface area contributed by atoms with Gasteiger partial charge in [0.25, 0.3) is 0 Å². The summed E-state index contributed by atoms with van der Waals surface area (Å²) in [6, 6.07) is 15.1. The van der Waals surface area contributed by atoms with Crippen LogP contribution in [0.5, 0.6) is 0 Å². The summed E-state index contributed by atoms with van der Waals surface area (Å²) in [4.78, 5) is 1.95. The third-order valence-electron chi connectivity index (χ3n) is 4.63. The van der Waals surface area contributed by atoms with E-state index in [-0.39, 0.29) is 0 Å². The Balaban J connectivity index is 1.71. The second-order valence-electron chi connectivity index (χ2n) is 6.30. The Labute approximate surface area is 144 Å². The lowest BCUT2D eigenvalue weighted by Gasteiger charge is -2.09. The average Bonchev–Trinajstić information content (AvgIpc) is 3.35. The maximum atomic E-state index is 14.6. The van der Waals surface area contributed by atoms with Gasteiger partial charge in [0.15, 0.2) is 11.6 Å². The molecule has 0 nitrogen and oxygen atoms in total. The Bertz CT molecular complexity index is 873. The van der Waals surface area contributed by atoms with E-state index in [0.29, 0.717) is 17.0 Å². The molecule has 0 radical (unpaired) electrons. The van der Waals surface area contributed by atoms with E-state index < -0.39 is 11.6 Å². The highest BCUT2D eigenvalue weighted by Gasteiger charge is 2.23. The van der Waals surface area contributed by atoms with Crippen LogP contribution in [0.3, 0.4) is 0 Å². The van der Waals surface area contributed by atoms with Crippen LogP contribution >= 0.6 is 11.3 Å². The van der Waals surface area contributed by atoms with E-state index in [1.54, 1.807) is 12.1 Å². The first-order chi connectivity index (χ1) is 11.7. The minimum Gasteiger partial charge on any atom is -0.203 e. The molecule has 2 aromatic carbocycles. The van der Waals surface area contributed by atoms with E-state index in [1.807, 2.05) is 36.4 Å². The fraction of sp³-hybridized carbons (Fsp3) is 0.238. The van der Waals surface area contributed by atoms with E-state index in [4.69, 9.17) is 0 Å². The van der Waals surface area contributed by atoms with Crippen LogP contribution in [-0.4, -0.2) is 0 Å². The van der Waals surface area contributed by atoms with Crippen molar-refractivity contribution < 1.29 is 8.78 Å². The number of aryl methyl sites for hydroxylation is 1. The molecule has 0 aliphatic heterocycles. The molecule has 0 unspecified atom stereocenters. The van der Waals surface area contributed by atoms with Gasteiger partial charge in [-0.2, -0.15) is 0 Å². The number of halogens is 2. The summed E-state index contributed by atoms with van der Waals surface area (Å²) in [5.41, 5.74) is 2.69. The van der Waals surface area contributed by atoms with E-state index in [9.17, 15) is 8.78 Å². The molecule has 4 rings (SSSR count). The lowest BCUT2D eigenvalue weighted by Crippen LogP contribution is -1.93. The molecule has 1 fully saturated rings. The normalized spacial score (nSPS) is 14.1. The standard InChI is InChI=1S/C21H18F2S/c1-2-16-9-12-19(24-16)18-11-10-17(20(22)21(18)23)15-7-5-14(6-8-15)13-3-4-13/h5-13H,2-4H2,1H3.